The van der Waals surface area contributed by atoms with Gasteiger partial charge in [-0.15, -0.1) is 0 Å². The first-order chi connectivity index (χ1) is 11.3. The van der Waals surface area contributed by atoms with Gasteiger partial charge in [-0.05, 0) is 41.7 Å². The fourth-order valence-corrected chi connectivity index (χ4v) is 3.57. The first-order valence-electron chi connectivity index (χ1n) is 8.29. The topological polar surface area (TPSA) is 21.7 Å². The quantitative estimate of drug-likeness (QED) is 0.825. The molecule has 122 valence electrons. The molecular formula is C20H25NO2. The summed E-state index contributed by atoms with van der Waals surface area (Å²) >= 11 is 0. The molecule has 0 fully saturated rings. The average Bonchev–Trinajstić information content (AvgIpc) is 2.61. The second-order valence-electron chi connectivity index (χ2n) is 6.04. The minimum atomic E-state index is 0.429. The normalized spacial score (nSPS) is 17.6. The number of hydrogen-bond acceptors (Lipinski definition) is 3. The van der Waals surface area contributed by atoms with Gasteiger partial charge in [0.15, 0.2) is 11.5 Å². The van der Waals surface area contributed by atoms with Crippen molar-refractivity contribution >= 4 is 0 Å². The van der Waals surface area contributed by atoms with E-state index in [2.05, 4.69) is 54.3 Å². The predicted octanol–water partition coefficient (Wildman–Crippen LogP) is 4.21. The molecule has 2 aromatic rings. The van der Waals surface area contributed by atoms with E-state index in [0.29, 0.717) is 6.04 Å². The SMILES string of the molecule is CCC1c2cc(OC)c(OC)cc2CCN1Cc1ccccc1. The minimum Gasteiger partial charge on any atom is -0.493 e. The van der Waals surface area contributed by atoms with Crippen LogP contribution >= 0.6 is 0 Å². The zero-order valence-electron chi connectivity index (χ0n) is 14.2. The molecular weight excluding hydrogens is 286 g/mol. The smallest absolute Gasteiger partial charge is 0.161 e. The molecule has 1 aliphatic rings. The minimum absolute atomic E-state index is 0.429. The molecule has 3 nitrogen and oxygen atoms in total. The van der Waals surface area contributed by atoms with Crippen LogP contribution in [0.4, 0.5) is 0 Å². The predicted molar refractivity (Wildman–Crippen MR) is 93.1 cm³/mol. The molecule has 3 rings (SSSR count). The van der Waals surface area contributed by atoms with Gasteiger partial charge in [-0.25, -0.2) is 0 Å². The summed E-state index contributed by atoms with van der Waals surface area (Å²) in [7, 11) is 3.40. The fraction of sp³-hybridized carbons (Fsp3) is 0.400. The lowest BCUT2D eigenvalue weighted by Crippen LogP contribution is -2.34. The van der Waals surface area contributed by atoms with Crippen LogP contribution in [0.5, 0.6) is 11.5 Å². The molecule has 0 aromatic heterocycles. The maximum absolute atomic E-state index is 5.51. The first kappa shape index (κ1) is 15.9. The molecule has 0 N–H and O–H groups in total. The number of methoxy groups -OCH3 is 2. The fourth-order valence-electron chi connectivity index (χ4n) is 3.57. The Balaban J connectivity index is 1.91. The van der Waals surface area contributed by atoms with E-state index in [9.17, 15) is 0 Å². The molecule has 1 unspecified atom stereocenters. The average molecular weight is 311 g/mol. The summed E-state index contributed by atoms with van der Waals surface area (Å²) in [4.78, 5) is 2.57. The van der Waals surface area contributed by atoms with E-state index in [0.717, 1.165) is 37.4 Å². The van der Waals surface area contributed by atoms with Gasteiger partial charge in [0.2, 0.25) is 0 Å². The zero-order valence-corrected chi connectivity index (χ0v) is 14.2. The summed E-state index contributed by atoms with van der Waals surface area (Å²) in [6, 6.07) is 15.5. The van der Waals surface area contributed by atoms with Crippen molar-refractivity contribution in [3.63, 3.8) is 0 Å². The highest BCUT2D eigenvalue weighted by molar-refractivity contribution is 5.49. The summed E-state index contributed by atoms with van der Waals surface area (Å²) in [5, 5.41) is 0. The van der Waals surface area contributed by atoms with Gasteiger partial charge in [-0.2, -0.15) is 0 Å². The van der Waals surface area contributed by atoms with Gasteiger partial charge in [0.05, 0.1) is 14.2 Å². The summed E-state index contributed by atoms with van der Waals surface area (Å²) in [6.45, 7) is 4.33. The van der Waals surface area contributed by atoms with Crippen molar-refractivity contribution in [3.8, 4) is 11.5 Å². The Morgan fingerprint density at radius 1 is 1.04 bits per heavy atom. The van der Waals surface area contributed by atoms with Crippen molar-refractivity contribution in [2.45, 2.75) is 32.4 Å². The number of nitrogens with zero attached hydrogens (tertiary/aromatic N) is 1. The molecule has 1 heterocycles. The molecule has 0 bridgehead atoms. The lowest BCUT2D eigenvalue weighted by Gasteiger charge is -2.37. The van der Waals surface area contributed by atoms with Gasteiger partial charge in [0, 0.05) is 19.1 Å². The van der Waals surface area contributed by atoms with Crippen LogP contribution in [0.1, 0.15) is 36.1 Å². The maximum Gasteiger partial charge on any atom is 0.161 e. The molecule has 0 saturated carbocycles. The van der Waals surface area contributed by atoms with Gasteiger partial charge >= 0.3 is 0 Å². The molecule has 0 saturated heterocycles. The van der Waals surface area contributed by atoms with Crippen molar-refractivity contribution in [2.75, 3.05) is 20.8 Å². The van der Waals surface area contributed by atoms with E-state index in [1.54, 1.807) is 14.2 Å². The molecule has 0 radical (unpaired) electrons. The Morgan fingerprint density at radius 3 is 2.39 bits per heavy atom. The van der Waals surface area contributed by atoms with E-state index in [1.165, 1.54) is 16.7 Å². The largest absolute Gasteiger partial charge is 0.493 e. The second-order valence-corrected chi connectivity index (χ2v) is 6.04. The van der Waals surface area contributed by atoms with Crippen molar-refractivity contribution in [2.24, 2.45) is 0 Å². The third-order valence-corrected chi connectivity index (χ3v) is 4.73. The Labute approximate surface area is 138 Å². The summed E-state index contributed by atoms with van der Waals surface area (Å²) < 4.78 is 11.0. The Morgan fingerprint density at radius 2 is 1.74 bits per heavy atom. The van der Waals surface area contributed by atoms with E-state index in [1.807, 2.05) is 0 Å². The van der Waals surface area contributed by atoms with Crippen molar-refractivity contribution in [1.29, 1.82) is 0 Å². The highest BCUT2D eigenvalue weighted by atomic mass is 16.5. The van der Waals surface area contributed by atoms with Gasteiger partial charge < -0.3 is 9.47 Å². The highest BCUT2D eigenvalue weighted by Gasteiger charge is 2.27. The van der Waals surface area contributed by atoms with Gasteiger partial charge in [-0.1, -0.05) is 37.3 Å². The van der Waals surface area contributed by atoms with Gasteiger partial charge in [-0.3, -0.25) is 4.90 Å². The Hall–Kier alpha value is -2.00. The third-order valence-electron chi connectivity index (χ3n) is 4.73. The van der Waals surface area contributed by atoms with E-state index in [4.69, 9.17) is 9.47 Å². The molecule has 2 aromatic carbocycles. The van der Waals surface area contributed by atoms with Crippen LogP contribution in [0.25, 0.3) is 0 Å². The molecule has 0 aliphatic carbocycles. The van der Waals surface area contributed by atoms with Crippen molar-refractivity contribution in [1.82, 2.24) is 4.90 Å². The van der Waals surface area contributed by atoms with Crippen LogP contribution in [-0.2, 0) is 13.0 Å². The number of rotatable bonds is 5. The van der Waals surface area contributed by atoms with Crippen molar-refractivity contribution in [3.05, 3.63) is 59.2 Å². The van der Waals surface area contributed by atoms with Crippen LogP contribution in [0.2, 0.25) is 0 Å². The highest BCUT2D eigenvalue weighted by Crippen LogP contribution is 2.39. The maximum atomic E-state index is 5.51. The van der Waals surface area contributed by atoms with Crippen LogP contribution in [0, 0.1) is 0 Å². The summed E-state index contributed by atoms with van der Waals surface area (Å²) in [5.74, 6) is 1.66. The summed E-state index contributed by atoms with van der Waals surface area (Å²) in [6.07, 6.45) is 2.15. The molecule has 0 amide bonds. The number of ether oxygens (including phenoxy) is 2. The monoisotopic (exact) mass is 311 g/mol. The molecule has 1 atom stereocenters. The molecule has 0 spiro atoms. The molecule has 23 heavy (non-hydrogen) atoms. The number of benzene rings is 2. The Bertz CT molecular complexity index is 654. The second kappa shape index (κ2) is 7.05. The van der Waals surface area contributed by atoms with Gasteiger partial charge in [0.1, 0.15) is 0 Å². The number of hydrogen-bond donors (Lipinski definition) is 0. The van der Waals surface area contributed by atoms with E-state index in [-0.39, 0.29) is 0 Å². The molecule has 1 aliphatic heterocycles. The zero-order chi connectivity index (χ0) is 16.2. The van der Waals surface area contributed by atoms with Crippen LogP contribution in [0.15, 0.2) is 42.5 Å². The summed E-state index contributed by atoms with van der Waals surface area (Å²) in [5.41, 5.74) is 4.14. The Kier molecular flexibility index (Phi) is 4.87. The standard InChI is InChI=1S/C20H25NO2/c1-4-18-17-13-20(23-3)19(22-2)12-16(17)10-11-21(18)14-15-8-6-5-7-9-15/h5-9,12-13,18H,4,10-11,14H2,1-3H3. The van der Waals surface area contributed by atoms with Gasteiger partial charge in [0.25, 0.3) is 0 Å². The first-order valence-corrected chi connectivity index (χ1v) is 8.29. The van der Waals surface area contributed by atoms with E-state index < -0.39 is 0 Å². The third kappa shape index (κ3) is 3.20. The van der Waals surface area contributed by atoms with Crippen LogP contribution < -0.4 is 9.47 Å². The lowest BCUT2D eigenvalue weighted by molar-refractivity contribution is 0.170. The number of fused-ring (bicyclic) bond motifs is 1. The van der Waals surface area contributed by atoms with Crippen LogP contribution in [0.3, 0.4) is 0 Å². The molecule has 3 heteroatoms. The van der Waals surface area contributed by atoms with Crippen LogP contribution in [-0.4, -0.2) is 25.7 Å². The lowest BCUT2D eigenvalue weighted by atomic mass is 9.90. The van der Waals surface area contributed by atoms with E-state index >= 15 is 0 Å². The van der Waals surface area contributed by atoms with Crippen molar-refractivity contribution < 1.29 is 9.47 Å².